The Labute approximate surface area is 454 Å². The summed E-state index contributed by atoms with van der Waals surface area (Å²) in [6.45, 7) is 40.2. The van der Waals surface area contributed by atoms with Crippen LogP contribution in [0, 0.1) is 0 Å². The number of anilines is 4. The Morgan fingerprint density at radius 1 is 0.382 bits per heavy atom. The normalized spacial score (nSPS) is 13.8. The molecule has 5 nitrogen and oxygen atoms in total. The molecule has 0 unspecified atom stereocenters. The first-order valence-corrected chi connectivity index (χ1v) is 27.5. The largest absolute Gasteiger partial charge is 0.457 e. The van der Waals surface area contributed by atoms with Crippen LogP contribution >= 0.6 is 0 Å². The maximum atomic E-state index is 7.20. The Balaban J connectivity index is 1.14. The molecule has 0 amide bonds. The molecule has 0 saturated heterocycles. The van der Waals surface area contributed by atoms with Gasteiger partial charge in [-0.2, -0.15) is 0 Å². The molecule has 0 bridgehead atoms. The molecule has 1 aliphatic rings. The summed E-state index contributed by atoms with van der Waals surface area (Å²) in [7, 11) is 0. The highest BCUT2D eigenvalue weighted by Crippen LogP contribution is 2.52. The molecule has 9 aromatic rings. The van der Waals surface area contributed by atoms with Crippen molar-refractivity contribution in [2.75, 3.05) is 16.5 Å². The molecular weight excluding hydrogens is 925 g/mol. The van der Waals surface area contributed by atoms with Crippen LogP contribution in [0.4, 0.5) is 22.7 Å². The molecular formula is C71H80N4O. The molecule has 3 heterocycles. The smallest absolute Gasteiger partial charge is 0.137 e. The van der Waals surface area contributed by atoms with Crippen LogP contribution in [0.15, 0.2) is 164 Å². The van der Waals surface area contributed by atoms with E-state index in [-0.39, 0.29) is 32.5 Å². The maximum Gasteiger partial charge on any atom is 0.137 e. The van der Waals surface area contributed by atoms with E-state index in [9.17, 15) is 0 Å². The standard InChI is InChI=1S/C71H80N4O/c1-66(2,3)49-32-33-72-65(40-49)75-61-31-28-47(46-24-20-18-21-25-46)34-58(61)57-30-29-55(42-62(57)75)76-56-39-51(68(7,8)9)37-54(41-56)74-45-73(63-43-59(69(10,11)12)60(44-64(63)74)70(13,14)15)53-36-50(67(4,5)6)35-52(38-53)71(16,17)48-26-22-19-23-27-48/h18-44H,45H2,1-17H3. The first kappa shape index (κ1) is 52.3. The molecule has 5 heteroatoms. The van der Waals surface area contributed by atoms with Crippen molar-refractivity contribution in [2.45, 2.75) is 150 Å². The number of pyridine rings is 1. The van der Waals surface area contributed by atoms with Gasteiger partial charge < -0.3 is 14.5 Å². The maximum absolute atomic E-state index is 7.20. The fraction of sp³-hybridized carbons (Fsp3) is 0.338. The molecule has 0 fully saturated rings. The molecule has 0 spiro atoms. The number of rotatable bonds is 8. The highest BCUT2D eigenvalue weighted by Gasteiger charge is 2.37. The van der Waals surface area contributed by atoms with E-state index in [1.807, 2.05) is 6.20 Å². The zero-order chi connectivity index (χ0) is 54.5. The lowest BCUT2D eigenvalue weighted by atomic mass is 9.74. The lowest BCUT2D eigenvalue weighted by Gasteiger charge is -2.33. The minimum absolute atomic E-state index is 0.0459. The number of hydrogen-bond donors (Lipinski definition) is 0. The van der Waals surface area contributed by atoms with Crippen LogP contribution in [-0.4, -0.2) is 16.2 Å². The summed E-state index contributed by atoms with van der Waals surface area (Å²) in [4.78, 5) is 10.1. The number of nitrogens with zero attached hydrogens (tertiary/aromatic N) is 4. The SMILES string of the molecule is CC(C)(C)c1cc(Oc2ccc3c4cc(-c5ccccc5)ccc4n(-c4cc(C(C)(C)C)ccn4)c3c2)cc(N2CN(c3cc(C(C)(C)C)cc(C(C)(C)c4ccccc4)c3)c3cc(C(C)(C)C)c(C(C)(C)C)cc32)c1. The van der Waals surface area contributed by atoms with Crippen molar-refractivity contribution in [3.8, 4) is 28.4 Å². The van der Waals surface area contributed by atoms with Crippen LogP contribution in [0.3, 0.4) is 0 Å². The predicted octanol–water partition coefficient (Wildman–Crippen LogP) is 19.7. The Morgan fingerprint density at radius 3 is 1.51 bits per heavy atom. The lowest BCUT2D eigenvalue weighted by molar-refractivity contribution is 0.479. The lowest BCUT2D eigenvalue weighted by Crippen LogP contribution is -2.26. The summed E-state index contributed by atoms with van der Waals surface area (Å²) in [5.41, 5.74) is 17.6. The predicted molar refractivity (Wildman–Crippen MR) is 325 cm³/mol. The van der Waals surface area contributed by atoms with Gasteiger partial charge >= 0.3 is 0 Å². The van der Waals surface area contributed by atoms with E-state index in [2.05, 4.69) is 290 Å². The van der Waals surface area contributed by atoms with Crippen LogP contribution in [0.1, 0.15) is 157 Å². The molecule has 0 N–H and O–H groups in total. The topological polar surface area (TPSA) is 33.5 Å². The van der Waals surface area contributed by atoms with Crippen LogP contribution in [0.2, 0.25) is 0 Å². The highest BCUT2D eigenvalue weighted by molar-refractivity contribution is 6.10. The summed E-state index contributed by atoms with van der Waals surface area (Å²) in [5, 5.41) is 2.32. The summed E-state index contributed by atoms with van der Waals surface area (Å²) < 4.78 is 9.51. The van der Waals surface area contributed by atoms with E-state index in [1.165, 1.54) is 72.5 Å². The molecule has 76 heavy (non-hydrogen) atoms. The Hall–Kier alpha value is -7.11. The van der Waals surface area contributed by atoms with E-state index in [4.69, 9.17) is 9.72 Å². The quantitative estimate of drug-likeness (QED) is 0.152. The number of hydrogen-bond acceptors (Lipinski definition) is 4. The number of ether oxygens (including phenoxy) is 1. The van der Waals surface area contributed by atoms with E-state index < -0.39 is 0 Å². The second-order valence-electron chi connectivity index (χ2n) is 27.2. The van der Waals surface area contributed by atoms with Gasteiger partial charge in [-0.3, -0.25) is 4.57 Å². The summed E-state index contributed by atoms with van der Waals surface area (Å²) in [6, 6.07) is 58.6. The number of aromatic nitrogens is 2. The molecule has 2 aromatic heterocycles. The van der Waals surface area contributed by atoms with Crippen molar-refractivity contribution in [2.24, 2.45) is 0 Å². The first-order valence-electron chi connectivity index (χ1n) is 27.5. The van der Waals surface area contributed by atoms with Gasteiger partial charge in [0.05, 0.1) is 22.4 Å². The molecule has 0 saturated carbocycles. The van der Waals surface area contributed by atoms with Crippen molar-refractivity contribution in [1.82, 2.24) is 9.55 Å². The molecule has 0 aliphatic carbocycles. The minimum Gasteiger partial charge on any atom is -0.457 e. The van der Waals surface area contributed by atoms with Gasteiger partial charge in [0.2, 0.25) is 0 Å². The third-order valence-electron chi connectivity index (χ3n) is 15.9. The first-order chi connectivity index (χ1) is 35.6. The third kappa shape index (κ3) is 9.94. The zero-order valence-corrected chi connectivity index (χ0v) is 48.5. The molecule has 1 aliphatic heterocycles. The van der Waals surface area contributed by atoms with Crippen LogP contribution in [0.25, 0.3) is 38.8 Å². The Morgan fingerprint density at radius 2 is 0.934 bits per heavy atom. The summed E-state index contributed by atoms with van der Waals surface area (Å²) >= 11 is 0. The van der Waals surface area contributed by atoms with Crippen molar-refractivity contribution < 1.29 is 4.74 Å². The average molecular weight is 1010 g/mol. The molecule has 390 valence electrons. The van der Waals surface area contributed by atoms with Gasteiger partial charge in [-0.15, -0.1) is 0 Å². The average Bonchev–Trinajstić information content (AvgIpc) is 3.93. The van der Waals surface area contributed by atoms with E-state index in [1.54, 1.807) is 0 Å². The molecule has 0 radical (unpaired) electrons. The van der Waals surface area contributed by atoms with Crippen LogP contribution in [0.5, 0.6) is 11.5 Å². The van der Waals surface area contributed by atoms with Gasteiger partial charge in [0.1, 0.15) is 24.0 Å². The van der Waals surface area contributed by atoms with Crippen molar-refractivity contribution >= 4 is 44.6 Å². The van der Waals surface area contributed by atoms with Crippen LogP contribution in [-0.2, 0) is 32.5 Å². The monoisotopic (exact) mass is 1000 g/mol. The fourth-order valence-electron chi connectivity index (χ4n) is 11.1. The van der Waals surface area contributed by atoms with Crippen molar-refractivity contribution in [3.63, 3.8) is 0 Å². The van der Waals surface area contributed by atoms with E-state index in [0.717, 1.165) is 39.4 Å². The second-order valence-corrected chi connectivity index (χ2v) is 27.2. The van der Waals surface area contributed by atoms with Gasteiger partial charge in [0, 0.05) is 45.9 Å². The summed E-state index contributed by atoms with van der Waals surface area (Å²) in [5.74, 6) is 2.46. The molecule has 0 atom stereocenters. The van der Waals surface area contributed by atoms with Crippen LogP contribution < -0.4 is 14.5 Å². The van der Waals surface area contributed by atoms with Gasteiger partial charge in [0.15, 0.2) is 0 Å². The Kier molecular flexibility index (Phi) is 12.8. The van der Waals surface area contributed by atoms with Crippen molar-refractivity contribution in [1.29, 1.82) is 0 Å². The van der Waals surface area contributed by atoms with Gasteiger partial charge in [0.25, 0.3) is 0 Å². The van der Waals surface area contributed by atoms with E-state index >= 15 is 0 Å². The zero-order valence-electron chi connectivity index (χ0n) is 48.5. The summed E-state index contributed by atoms with van der Waals surface area (Å²) in [6.07, 6.45) is 1.95. The molecule has 7 aromatic carbocycles. The van der Waals surface area contributed by atoms with Crippen molar-refractivity contribution in [3.05, 3.63) is 203 Å². The molecule has 10 rings (SSSR count). The highest BCUT2D eigenvalue weighted by atomic mass is 16.5. The second kappa shape index (κ2) is 18.6. The van der Waals surface area contributed by atoms with Gasteiger partial charge in [-0.1, -0.05) is 190 Å². The van der Waals surface area contributed by atoms with Gasteiger partial charge in [-0.25, -0.2) is 4.98 Å². The minimum atomic E-state index is -0.227. The van der Waals surface area contributed by atoms with E-state index in [0.29, 0.717) is 6.67 Å². The Bertz CT molecular complexity index is 3640. The number of benzene rings is 7. The number of fused-ring (bicyclic) bond motifs is 4. The third-order valence-corrected chi connectivity index (χ3v) is 15.9. The fourth-order valence-corrected chi connectivity index (χ4v) is 11.1. The van der Waals surface area contributed by atoms with Gasteiger partial charge in [-0.05, 0) is 150 Å².